The average Bonchev–Trinajstić information content (AvgIpc) is 3.37. The topological polar surface area (TPSA) is 75.7 Å². The van der Waals surface area contributed by atoms with E-state index in [1.807, 2.05) is 49.0 Å². The summed E-state index contributed by atoms with van der Waals surface area (Å²) in [5.74, 6) is -1.39. The Morgan fingerprint density at radius 1 is 1.22 bits per heavy atom. The monoisotopic (exact) mass is 364 g/mol. The fourth-order valence-electron chi connectivity index (χ4n) is 3.81. The largest absolute Gasteiger partial charge is 0.503 e. The Morgan fingerprint density at radius 3 is 2.70 bits per heavy atom. The summed E-state index contributed by atoms with van der Waals surface area (Å²) in [6.45, 7) is 2.39. The second-order valence-corrected chi connectivity index (χ2v) is 6.68. The van der Waals surface area contributed by atoms with Gasteiger partial charge in [-0.1, -0.05) is 25.1 Å². The van der Waals surface area contributed by atoms with Crippen LogP contribution >= 0.6 is 0 Å². The number of furan rings is 1. The molecule has 2 aromatic heterocycles. The first-order valence-electron chi connectivity index (χ1n) is 8.90. The number of benzene rings is 1. The number of ketones is 1. The van der Waals surface area contributed by atoms with E-state index in [4.69, 9.17) is 4.42 Å². The SMILES string of the molecule is CCCN1C(=O)C(O)=C(C(=O)c2ccco2)C1c1cn(C)c2ccccc12. The lowest BCUT2D eigenvalue weighted by atomic mass is 9.94. The molecule has 138 valence electrons. The average molecular weight is 364 g/mol. The van der Waals surface area contributed by atoms with Gasteiger partial charge in [-0.05, 0) is 24.6 Å². The van der Waals surface area contributed by atoms with Gasteiger partial charge in [-0.2, -0.15) is 0 Å². The van der Waals surface area contributed by atoms with Crippen molar-refractivity contribution in [2.24, 2.45) is 7.05 Å². The number of aromatic nitrogens is 1. The Morgan fingerprint density at radius 2 is 2.00 bits per heavy atom. The van der Waals surface area contributed by atoms with Gasteiger partial charge in [0.15, 0.2) is 11.5 Å². The highest BCUT2D eigenvalue weighted by atomic mass is 16.3. The van der Waals surface area contributed by atoms with Crippen LogP contribution in [-0.4, -0.2) is 32.8 Å². The van der Waals surface area contributed by atoms with Gasteiger partial charge in [-0.15, -0.1) is 0 Å². The van der Waals surface area contributed by atoms with Gasteiger partial charge < -0.3 is 19.0 Å². The van der Waals surface area contributed by atoms with E-state index in [9.17, 15) is 14.7 Å². The van der Waals surface area contributed by atoms with Gasteiger partial charge >= 0.3 is 0 Å². The normalized spacial score (nSPS) is 17.3. The lowest BCUT2D eigenvalue weighted by Crippen LogP contribution is -2.31. The number of carbonyl (C=O) groups excluding carboxylic acids is 2. The van der Waals surface area contributed by atoms with Crippen LogP contribution in [0.1, 0.15) is 35.5 Å². The molecule has 0 spiro atoms. The van der Waals surface area contributed by atoms with Crippen LogP contribution in [0.3, 0.4) is 0 Å². The van der Waals surface area contributed by atoms with E-state index in [0.29, 0.717) is 13.0 Å². The number of nitrogens with zero attached hydrogens (tertiary/aromatic N) is 2. The molecule has 0 aliphatic carbocycles. The Labute approximate surface area is 156 Å². The number of para-hydroxylation sites is 1. The molecule has 6 heteroatoms. The highest BCUT2D eigenvalue weighted by Gasteiger charge is 2.44. The number of amides is 1. The van der Waals surface area contributed by atoms with Crippen LogP contribution in [0.2, 0.25) is 0 Å². The second-order valence-electron chi connectivity index (χ2n) is 6.68. The van der Waals surface area contributed by atoms with Crippen molar-refractivity contribution in [1.29, 1.82) is 0 Å². The predicted molar refractivity (Wildman–Crippen MR) is 100 cm³/mol. The first-order chi connectivity index (χ1) is 13.0. The third-order valence-electron chi connectivity index (χ3n) is 4.98. The van der Waals surface area contributed by atoms with Crippen LogP contribution in [0.15, 0.2) is 64.6 Å². The lowest BCUT2D eigenvalue weighted by molar-refractivity contribution is -0.129. The van der Waals surface area contributed by atoms with Crippen LogP contribution in [0.25, 0.3) is 10.9 Å². The van der Waals surface area contributed by atoms with Gasteiger partial charge in [0, 0.05) is 36.3 Å². The molecule has 1 unspecified atom stereocenters. The van der Waals surface area contributed by atoms with Crippen molar-refractivity contribution >= 4 is 22.6 Å². The third kappa shape index (κ3) is 2.56. The number of fused-ring (bicyclic) bond motifs is 1. The first kappa shape index (κ1) is 17.1. The van der Waals surface area contributed by atoms with Gasteiger partial charge in [-0.25, -0.2) is 0 Å². The first-order valence-corrected chi connectivity index (χ1v) is 8.90. The molecule has 0 fully saturated rings. The highest BCUT2D eigenvalue weighted by molar-refractivity contribution is 6.15. The fourth-order valence-corrected chi connectivity index (χ4v) is 3.81. The quantitative estimate of drug-likeness (QED) is 0.700. The summed E-state index contributed by atoms with van der Waals surface area (Å²) in [4.78, 5) is 27.3. The molecule has 1 amide bonds. The lowest BCUT2D eigenvalue weighted by Gasteiger charge is -2.25. The number of hydrogen-bond acceptors (Lipinski definition) is 4. The fraction of sp³-hybridized carbons (Fsp3) is 0.238. The zero-order valence-corrected chi connectivity index (χ0v) is 15.2. The van der Waals surface area contributed by atoms with E-state index in [2.05, 4.69) is 0 Å². The summed E-state index contributed by atoms with van der Waals surface area (Å²) in [5.41, 5.74) is 1.88. The van der Waals surface area contributed by atoms with Crippen molar-refractivity contribution in [3.8, 4) is 0 Å². The van der Waals surface area contributed by atoms with Gasteiger partial charge in [0.05, 0.1) is 17.9 Å². The second kappa shape index (κ2) is 6.46. The number of Topliss-reactive ketones (excluding diaryl/α,β-unsaturated/α-hetero) is 1. The van der Waals surface area contributed by atoms with Gasteiger partial charge in [-0.3, -0.25) is 9.59 Å². The summed E-state index contributed by atoms with van der Waals surface area (Å²) in [7, 11) is 1.92. The highest BCUT2D eigenvalue weighted by Crippen LogP contribution is 2.42. The van der Waals surface area contributed by atoms with Crippen molar-refractivity contribution in [1.82, 2.24) is 9.47 Å². The summed E-state index contributed by atoms with van der Waals surface area (Å²) < 4.78 is 7.20. The molecule has 1 aliphatic heterocycles. The maximum Gasteiger partial charge on any atom is 0.290 e. The molecule has 6 nitrogen and oxygen atoms in total. The summed E-state index contributed by atoms with van der Waals surface area (Å²) >= 11 is 0. The Balaban J connectivity index is 1.92. The molecule has 1 N–H and O–H groups in total. The molecule has 0 saturated heterocycles. The number of aliphatic hydroxyl groups excluding tert-OH is 1. The van der Waals surface area contributed by atoms with Crippen molar-refractivity contribution in [2.45, 2.75) is 19.4 Å². The molecular formula is C21H20N2O4. The van der Waals surface area contributed by atoms with Gasteiger partial charge in [0.2, 0.25) is 5.78 Å². The molecule has 1 atom stereocenters. The van der Waals surface area contributed by atoms with Crippen LogP contribution in [-0.2, 0) is 11.8 Å². The number of rotatable bonds is 5. The predicted octanol–water partition coefficient (Wildman–Crippen LogP) is 3.76. The number of carbonyl (C=O) groups is 2. The Kier molecular flexibility index (Phi) is 4.11. The number of hydrogen-bond donors (Lipinski definition) is 1. The zero-order chi connectivity index (χ0) is 19.1. The molecule has 4 rings (SSSR count). The van der Waals surface area contributed by atoms with E-state index in [1.165, 1.54) is 12.3 Å². The van der Waals surface area contributed by atoms with Crippen molar-refractivity contribution in [3.05, 3.63) is 71.5 Å². The summed E-state index contributed by atoms with van der Waals surface area (Å²) in [6.07, 6.45) is 4.03. The van der Waals surface area contributed by atoms with Gasteiger partial charge in [0.1, 0.15) is 0 Å². The van der Waals surface area contributed by atoms with Crippen LogP contribution in [0.4, 0.5) is 0 Å². The molecular weight excluding hydrogens is 344 g/mol. The molecule has 27 heavy (non-hydrogen) atoms. The van der Waals surface area contributed by atoms with Crippen molar-refractivity contribution in [3.63, 3.8) is 0 Å². The van der Waals surface area contributed by atoms with Crippen molar-refractivity contribution < 1.29 is 19.1 Å². The summed E-state index contributed by atoms with van der Waals surface area (Å²) in [5, 5.41) is 11.5. The van der Waals surface area contributed by atoms with E-state index >= 15 is 0 Å². The maximum atomic E-state index is 13.0. The van der Waals surface area contributed by atoms with E-state index < -0.39 is 23.5 Å². The van der Waals surface area contributed by atoms with Crippen LogP contribution in [0, 0.1) is 0 Å². The minimum absolute atomic E-state index is 0.0692. The van der Waals surface area contributed by atoms with E-state index in [-0.39, 0.29) is 11.3 Å². The standard InChI is InChI=1S/C21H20N2O4/c1-3-10-23-18(14-12-22(2)15-8-5-4-7-13(14)15)17(20(25)21(23)26)19(24)16-9-6-11-27-16/h4-9,11-12,18,25H,3,10H2,1-2H3. The minimum atomic E-state index is -0.652. The van der Waals surface area contributed by atoms with Gasteiger partial charge in [0.25, 0.3) is 5.91 Å². The van der Waals surface area contributed by atoms with E-state index in [1.54, 1.807) is 11.0 Å². The van der Waals surface area contributed by atoms with Crippen LogP contribution < -0.4 is 0 Å². The van der Waals surface area contributed by atoms with Crippen molar-refractivity contribution in [2.75, 3.05) is 6.54 Å². The minimum Gasteiger partial charge on any atom is -0.503 e. The zero-order valence-electron chi connectivity index (χ0n) is 15.2. The molecule has 0 radical (unpaired) electrons. The van der Waals surface area contributed by atoms with Crippen LogP contribution in [0.5, 0.6) is 0 Å². The summed E-state index contributed by atoms with van der Waals surface area (Å²) in [6, 6.07) is 10.3. The Bertz CT molecular complexity index is 1060. The number of aliphatic hydroxyl groups is 1. The van der Waals surface area contributed by atoms with E-state index in [0.717, 1.165) is 16.5 Å². The maximum absolute atomic E-state index is 13.0. The number of aryl methyl sites for hydroxylation is 1. The Hall–Kier alpha value is -3.28. The molecule has 3 aromatic rings. The molecule has 0 saturated carbocycles. The molecule has 0 bridgehead atoms. The molecule has 1 aromatic carbocycles. The smallest absolute Gasteiger partial charge is 0.290 e. The molecule has 1 aliphatic rings. The molecule has 3 heterocycles. The third-order valence-corrected chi connectivity index (χ3v) is 4.98.